The highest BCUT2D eigenvalue weighted by Crippen LogP contribution is 2.22. The molecule has 5 N–H and O–H groups in total. The molecule has 1 aromatic rings. The molecule has 5 nitrogen and oxygen atoms in total. The van der Waals surface area contributed by atoms with Gasteiger partial charge in [0.15, 0.2) is 11.1 Å². The van der Waals surface area contributed by atoms with Crippen molar-refractivity contribution in [3.05, 3.63) is 29.3 Å². The lowest BCUT2D eigenvalue weighted by Gasteiger charge is -2.27. The molecule has 0 amide bonds. The number of rotatable bonds is 4. The van der Waals surface area contributed by atoms with Gasteiger partial charge in [0.1, 0.15) is 0 Å². The summed E-state index contributed by atoms with van der Waals surface area (Å²) in [6.45, 7) is 2.78. The molecular formula is C12H19N3O2S. The fourth-order valence-electron chi connectivity index (χ4n) is 2.25. The Balaban J connectivity index is 2.18. The molecule has 1 aromatic carbocycles. The molecule has 2 rings (SSSR count). The molecule has 2 atom stereocenters. The molecular weight excluding hydrogens is 250 g/mol. The van der Waals surface area contributed by atoms with Crippen LogP contribution in [0.15, 0.2) is 18.2 Å². The largest absolute Gasteiger partial charge is 0.399 e. The van der Waals surface area contributed by atoms with Crippen molar-refractivity contribution < 1.29 is 8.76 Å². The number of anilines is 1. The number of aryl methyl sites for hydroxylation is 1. The first-order valence-corrected chi connectivity index (χ1v) is 7.34. The summed E-state index contributed by atoms with van der Waals surface area (Å²) in [6.07, 6.45) is 0.571. The average Bonchev–Trinajstić information content (AvgIpc) is 2.37. The van der Waals surface area contributed by atoms with E-state index in [-0.39, 0.29) is 11.8 Å². The summed E-state index contributed by atoms with van der Waals surface area (Å²) in [4.78, 5) is 0. The van der Waals surface area contributed by atoms with Crippen LogP contribution in [0, 0.1) is 0 Å². The maximum Gasteiger partial charge on any atom is 0.153 e. The van der Waals surface area contributed by atoms with E-state index in [0.29, 0.717) is 12.1 Å². The summed E-state index contributed by atoms with van der Waals surface area (Å²) in [7, 11) is 0. The van der Waals surface area contributed by atoms with Crippen molar-refractivity contribution >= 4 is 16.8 Å². The van der Waals surface area contributed by atoms with E-state index in [1.54, 1.807) is 0 Å². The molecule has 2 unspecified atom stereocenters. The first-order valence-electron chi connectivity index (χ1n) is 6.06. The summed E-state index contributed by atoms with van der Waals surface area (Å²) in [5.74, 6) is 0.247. The van der Waals surface area contributed by atoms with Crippen LogP contribution in [0.1, 0.15) is 17.2 Å². The average molecular weight is 269 g/mol. The van der Waals surface area contributed by atoms with Gasteiger partial charge in [-0.15, -0.1) is 0 Å². The van der Waals surface area contributed by atoms with Gasteiger partial charge in [0, 0.05) is 31.4 Å². The molecule has 0 aromatic heterocycles. The highest BCUT2D eigenvalue weighted by molar-refractivity contribution is 7.79. The van der Waals surface area contributed by atoms with Gasteiger partial charge in [0.2, 0.25) is 0 Å². The fraction of sp³-hybridized carbons (Fsp3) is 0.500. The molecule has 1 fully saturated rings. The zero-order valence-corrected chi connectivity index (χ0v) is 11.0. The van der Waals surface area contributed by atoms with Gasteiger partial charge in [-0.05, 0) is 29.7 Å². The van der Waals surface area contributed by atoms with Gasteiger partial charge in [-0.1, -0.05) is 6.07 Å². The minimum atomic E-state index is -1.76. The second kappa shape index (κ2) is 6.29. The van der Waals surface area contributed by atoms with Crippen LogP contribution in [0.3, 0.4) is 0 Å². The lowest BCUT2D eigenvalue weighted by molar-refractivity contribution is 0.428. The van der Waals surface area contributed by atoms with Crippen molar-refractivity contribution in [1.82, 2.24) is 10.6 Å². The van der Waals surface area contributed by atoms with Gasteiger partial charge in [0.05, 0.1) is 5.75 Å². The number of nitrogens with two attached hydrogens (primary N) is 1. The zero-order chi connectivity index (χ0) is 13.0. The SMILES string of the molecule is Nc1ccc(C2CNCCN2)c(CCS(=O)O)c1. The van der Waals surface area contributed by atoms with E-state index < -0.39 is 11.1 Å². The lowest BCUT2D eigenvalue weighted by Crippen LogP contribution is -2.43. The summed E-state index contributed by atoms with van der Waals surface area (Å²) in [6, 6.07) is 6.04. The van der Waals surface area contributed by atoms with Crippen molar-refractivity contribution in [1.29, 1.82) is 0 Å². The van der Waals surface area contributed by atoms with E-state index in [2.05, 4.69) is 10.6 Å². The first-order chi connectivity index (χ1) is 8.66. The number of piperazine rings is 1. The van der Waals surface area contributed by atoms with Crippen molar-refractivity contribution in [3.8, 4) is 0 Å². The standard InChI is InChI=1S/C12H19N3O2S/c13-10-1-2-11(12-8-14-4-5-15-12)9(7-10)3-6-18(16)17/h1-2,7,12,14-15H,3-6,8,13H2,(H,16,17). The van der Waals surface area contributed by atoms with E-state index in [1.165, 1.54) is 5.56 Å². The summed E-state index contributed by atoms with van der Waals surface area (Å²) in [5.41, 5.74) is 8.71. The highest BCUT2D eigenvalue weighted by Gasteiger charge is 2.17. The monoisotopic (exact) mass is 269 g/mol. The Kier molecular flexibility index (Phi) is 4.71. The highest BCUT2D eigenvalue weighted by atomic mass is 32.2. The topological polar surface area (TPSA) is 87.4 Å². The van der Waals surface area contributed by atoms with Gasteiger partial charge < -0.3 is 20.9 Å². The normalized spacial score (nSPS) is 21.7. The Morgan fingerprint density at radius 3 is 2.94 bits per heavy atom. The Hall–Kier alpha value is -0.950. The second-order valence-corrected chi connectivity index (χ2v) is 5.50. The quantitative estimate of drug-likeness (QED) is 0.465. The molecule has 1 aliphatic rings. The van der Waals surface area contributed by atoms with Crippen LogP contribution in [-0.2, 0) is 17.5 Å². The molecule has 1 heterocycles. The lowest BCUT2D eigenvalue weighted by atomic mass is 9.97. The van der Waals surface area contributed by atoms with Gasteiger partial charge in [-0.2, -0.15) is 0 Å². The molecule has 6 heteroatoms. The number of hydrogen-bond donors (Lipinski definition) is 4. The smallest absolute Gasteiger partial charge is 0.153 e. The summed E-state index contributed by atoms with van der Waals surface area (Å²) < 4.78 is 19.7. The maximum absolute atomic E-state index is 10.8. The minimum Gasteiger partial charge on any atom is -0.399 e. The van der Waals surface area contributed by atoms with Crippen LogP contribution in [-0.4, -0.2) is 34.1 Å². The Morgan fingerprint density at radius 2 is 2.28 bits per heavy atom. The Labute approximate surface area is 109 Å². The van der Waals surface area contributed by atoms with E-state index in [9.17, 15) is 4.21 Å². The number of nitrogen functional groups attached to an aromatic ring is 1. The van der Waals surface area contributed by atoms with Crippen LogP contribution in [0.4, 0.5) is 5.69 Å². The third-order valence-electron chi connectivity index (χ3n) is 3.13. The van der Waals surface area contributed by atoms with Crippen LogP contribution in [0.25, 0.3) is 0 Å². The van der Waals surface area contributed by atoms with Crippen LogP contribution in [0.5, 0.6) is 0 Å². The molecule has 0 bridgehead atoms. The first kappa shape index (κ1) is 13.5. The van der Waals surface area contributed by atoms with Crippen molar-refractivity contribution in [2.45, 2.75) is 12.5 Å². The van der Waals surface area contributed by atoms with E-state index in [4.69, 9.17) is 10.3 Å². The van der Waals surface area contributed by atoms with Crippen molar-refractivity contribution in [3.63, 3.8) is 0 Å². The summed E-state index contributed by atoms with van der Waals surface area (Å²) in [5, 5.41) is 6.78. The zero-order valence-electron chi connectivity index (χ0n) is 10.2. The van der Waals surface area contributed by atoms with Crippen molar-refractivity contribution in [2.75, 3.05) is 31.1 Å². The van der Waals surface area contributed by atoms with Gasteiger partial charge in [-0.3, -0.25) is 0 Å². The third-order valence-corrected chi connectivity index (χ3v) is 3.68. The minimum absolute atomic E-state index is 0.247. The third kappa shape index (κ3) is 3.52. The molecule has 1 aliphatic heterocycles. The molecule has 18 heavy (non-hydrogen) atoms. The maximum atomic E-state index is 10.8. The number of nitrogens with one attached hydrogen (secondary N) is 2. The second-order valence-electron chi connectivity index (χ2n) is 4.44. The molecule has 0 spiro atoms. The van der Waals surface area contributed by atoms with Crippen LogP contribution in [0.2, 0.25) is 0 Å². The fourth-order valence-corrected chi connectivity index (χ4v) is 2.65. The molecule has 1 saturated heterocycles. The number of hydrogen-bond acceptors (Lipinski definition) is 4. The Morgan fingerprint density at radius 1 is 1.44 bits per heavy atom. The van der Waals surface area contributed by atoms with Gasteiger partial charge in [-0.25, -0.2) is 4.21 Å². The summed E-state index contributed by atoms with van der Waals surface area (Å²) >= 11 is -1.76. The molecule has 100 valence electrons. The predicted molar refractivity (Wildman–Crippen MR) is 73.8 cm³/mol. The molecule has 0 saturated carbocycles. The van der Waals surface area contributed by atoms with E-state index in [0.717, 1.165) is 25.2 Å². The van der Waals surface area contributed by atoms with E-state index >= 15 is 0 Å². The van der Waals surface area contributed by atoms with Crippen molar-refractivity contribution in [2.24, 2.45) is 0 Å². The Bertz CT molecular complexity index is 433. The number of benzene rings is 1. The van der Waals surface area contributed by atoms with E-state index in [1.807, 2.05) is 18.2 Å². The molecule has 0 aliphatic carbocycles. The molecule has 0 radical (unpaired) electrons. The van der Waals surface area contributed by atoms with Crippen LogP contribution < -0.4 is 16.4 Å². The van der Waals surface area contributed by atoms with Gasteiger partial charge in [0.25, 0.3) is 0 Å². The predicted octanol–water partition coefficient (Wildman–Crippen LogP) is 0.267. The van der Waals surface area contributed by atoms with Gasteiger partial charge >= 0.3 is 0 Å². The van der Waals surface area contributed by atoms with Crippen LogP contribution >= 0.6 is 0 Å².